The SMILES string of the molecule is CCn1nccc1C(=O)N1CCC(Oc2cc(N3CCCC3)ncn2)C1. The minimum absolute atomic E-state index is 0.0101. The van der Waals surface area contributed by atoms with E-state index in [1.807, 2.05) is 17.9 Å². The fourth-order valence-electron chi connectivity index (χ4n) is 3.62. The van der Waals surface area contributed by atoms with Crippen LogP contribution in [0.3, 0.4) is 0 Å². The van der Waals surface area contributed by atoms with E-state index in [-0.39, 0.29) is 12.0 Å². The van der Waals surface area contributed by atoms with Crippen LogP contribution in [0.5, 0.6) is 5.88 Å². The van der Waals surface area contributed by atoms with E-state index in [4.69, 9.17) is 4.74 Å². The molecule has 2 aromatic rings. The van der Waals surface area contributed by atoms with E-state index in [2.05, 4.69) is 20.0 Å². The summed E-state index contributed by atoms with van der Waals surface area (Å²) in [4.78, 5) is 25.4. The summed E-state index contributed by atoms with van der Waals surface area (Å²) in [5.41, 5.74) is 0.631. The Labute approximate surface area is 152 Å². The van der Waals surface area contributed by atoms with Crippen LogP contribution in [0.15, 0.2) is 24.7 Å². The Kier molecular flexibility index (Phi) is 4.73. The summed E-state index contributed by atoms with van der Waals surface area (Å²) in [5.74, 6) is 1.51. The standard InChI is InChI=1S/C18H24N6O2/c1-2-24-15(5-7-21-24)18(25)23-10-6-14(12-23)26-17-11-16(19-13-20-17)22-8-3-4-9-22/h5,7,11,13-14H,2-4,6,8-10,12H2,1H3. The highest BCUT2D eigenvalue weighted by atomic mass is 16.5. The molecule has 4 heterocycles. The average Bonchev–Trinajstić information content (AvgIpc) is 3.42. The van der Waals surface area contributed by atoms with Crippen LogP contribution in [0.4, 0.5) is 5.82 Å². The summed E-state index contributed by atoms with van der Waals surface area (Å²) in [6.07, 6.45) is 6.39. The predicted octanol–water partition coefficient (Wildman–Crippen LogP) is 1.59. The van der Waals surface area contributed by atoms with Crippen molar-refractivity contribution in [1.29, 1.82) is 0 Å². The number of nitrogens with zero attached hydrogens (tertiary/aromatic N) is 6. The lowest BCUT2D eigenvalue weighted by Gasteiger charge is -2.19. The lowest BCUT2D eigenvalue weighted by molar-refractivity contribution is 0.0759. The molecule has 2 saturated heterocycles. The molecule has 1 amide bonds. The maximum atomic E-state index is 12.7. The third-order valence-electron chi connectivity index (χ3n) is 5.01. The van der Waals surface area contributed by atoms with E-state index in [0.717, 1.165) is 25.3 Å². The van der Waals surface area contributed by atoms with E-state index in [1.165, 1.54) is 12.8 Å². The minimum atomic E-state index is -0.0433. The molecule has 2 aliphatic heterocycles. The Hall–Kier alpha value is -2.64. The van der Waals surface area contributed by atoms with Gasteiger partial charge in [-0.05, 0) is 25.8 Å². The smallest absolute Gasteiger partial charge is 0.272 e. The van der Waals surface area contributed by atoms with Gasteiger partial charge in [-0.25, -0.2) is 9.97 Å². The fraction of sp³-hybridized carbons (Fsp3) is 0.556. The average molecular weight is 356 g/mol. The molecule has 138 valence electrons. The van der Waals surface area contributed by atoms with Crippen molar-refractivity contribution in [1.82, 2.24) is 24.6 Å². The molecule has 4 rings (SSSR count). The lowest BCUT2D eigenvalue weighted by atomic mass is 10.3. The van der Waals surface area contributed by atoms with Crippen LogP contribution < -0.4 is 9.64 Å². The summed E-state index contributed by atoms with van der Waals surface area (Å²) in [6.45, 7) is 5.98. The number of hydrogen-bond acceptors (Lipinski definition) is 6. The summed E-state index contributed by atoms with van der Waals surface area (Å²) in [6, 6.07) is 3.68. The third-order valence-corrected chi connectivity index (χ3v) is 5.01. The number of anilines is 1. The molecule has 2 aliphatic rings. The molecule has 0 aromatic carbocycles. The molecular weight excluding hydrogens is 332 g/mol. The first-order valence-electron chi connectivity index (χ1n) is 9.29. The summed E-state index contributed by atoms with van der Waals surface area (Å²) < 4.78 is 7.76. The number of aryl methyl sites for hydroxylation is 1. The third kappa shape index (κ3) is 3.36. The van der Waals surface area contributed by atoms with Gasteiger partial charge in [0.15, 0.2) is 0 Å². The zero-order chi connectivity index (χ0) is 17.9. The van der Waals surface area contributed by atoms with Gasteiger partial charge in [-0.1, -0.05) is 0 Å². The Bertz CT molecular complexity index is 771. The summed E-state index contributed by atoms with van der Waals surface area (Å²) in [5, 5.41) is 4.18. The Balaban J connectivity index is 1.38. The number of carbonyl (C=O) groups is 1. The van der Waals surface area contributed by atoms with E-state index < -0.39 is 0 Å². The second kappa shape index (κ2) is 7.31. The van der Waals surface area contributed by atoms with E-state index in [9.17, 15) is 4.79 Å². The van der Waals surface area contributed by atoms with Crippen molar-refractivity contribution in [2.75, 3.05) is 31.1 Å². The van der Waals surface area contributed by atoms with Crippen molar-refractivity contribution in [2.24, 2.45) is 0 Å². The molecule has 0 bridgehead atoms. The molecular formula is C18H24N6O2. The van der Waals surface area contributed by atoms with Gasteiger partial charge in [0.1, 0.15) is 23.9 Å². The van der Waals surface area contributed by atoms with Gasteiger partial charge >= 0.3 is 0 Å². The van der Waals surface area contributed by atoms with Gasteiger partial charge in [-0.15, -0.1) is 0 Å². The lowest BCUT2D eigenvalue weighted by Crippen LogP contribution is -2.32. The number of aromatic nitrogens is 4. The van der Waals surface area contributed by atoms with Gasteiger partial charge in [0.2, 0.25) is 5.88 Å². The first-order chi connectivity index (χ1) is 12.7. The number of carbonyl (C=O) groups excluding carboxylic acids is 1. The Morgan fingerprint density at radius 3 is 2.92 bits per heavy atom. The highest BCUT2D eigenvalue weighted by Gasteiger charge is 2.30. The van der Waals surface area contributed by atoms with Crippen molar-refractivity contribution in [3.05, 3.63) is 30.4 Å². The van der Waals surface area contributed by atoms with Gasteiger partial charge in [-0.2, -0.15) is 5.10 Å². The zero-order valence-corrected chi connectivity index (χ0v) is 15.0. The van der Waals surface area contributed by atoms with Crippen molar-refractivity contribution >= 4 is 11.7 Å². The first kappa shape index (κ1) is 16.8. The Morgan fingerprint density at radius 2 is 2.12 bits per heavy atom. The van der Waals surface area contributed by atoms with Crippen LogP contribution in [0.1, 0.15) is 36.7 Å². The predicted molar refractivity (Wildman–Crippen MR) is 96.3 cm³/mol. The number of ether oxygens (including phenoxy) is 1. The summed E-state index contributed by atoms with van der Waals surface area (Å²) >= 11 is 0. The van der Waals surface area contributed by atoms with Crippen LogP contribution in [-0.2, 0) is 6.54 Å². The molecule has 0 N–H and O–H groups in total. The summed E-state index contributed by atoms with van der Waals surface area (Å²) in [7, 11) is 0. The van der Waals surface area contributed by atoms with Gasteiger partial charge < -0.3 is 14.5 Å². The molecule has 1 atom stereocenters. The van der Waals surface area contributed by atoms with E-state index >= 15 is 0 Å². The van der Waals surface area contributed by atoms with Crippen LogP contribution in [-0.4, -0.2) is 62.8 Å². The minimum Gasteiger partial charge on any atom is -0.472 e. The fourth-order valence-corrected chi connectivity index (χ4v) is 3.62. The molecule has 2 fully saturated rings. The molecule has 0 aliphatic carbocycles. The van der Waals surface area contributed by atoms with E-state index in [0.29, 0.717) is 31.2 Å². The van der Waals surface area contributed by atoms with Crippen LogP contribution in [0.25, 0.3) is 0 Å². The number of rotatable bonds is 5. The quantitative estimate of drug-likeness (QED) is 0.810. The zero-order valence-electron chi connectivity index (χ0n) is 15.0. The maximum Gasteiger partial charge on any atom is 0.272 e. The molecule has 8 heteroatoms. The molecule has 8 nitrogen and oxygen atoms in total. The van der Waals surface area contributed by atoms with Gasteiger partial charge in [0.25, 0.3) is 5.91 Å². The molecule has 0 radical (unpaired) electrons. The number of likely N-dealkylation sites (tertiary alicyclic amines) is 1. The molecule has 26 heavy (non-hydrogen) atoms. The second-order valence-electron chi connectivity index (χ2n) is 6.72. The first-order valence-corrected chi connectivity index (χ1v) is 9.29. The molecule has 2 aromatic heterocycles. The van der Waals surface area contributed by atoms with Crippen LogP contribution in [0, 0.1) is 0 Å². The molecule has 0 saturated carbocycles. The maximum absolute atomic E-state index is 12.7. The van der Waals surface area contributed by atoms with Crippen molar-refractivity contribution in [3.8, 4) is 5.88 Å². The van der Waals surface area contributed by atoms with Crippen molar-refractivity contribution in [3.63, 3.8) is 0 Å². The normalized spacial score (nSPS) is 20.0. The Morgan fingerprint density at radius 1 is 1.27 bits per heavy atom. The second-order valence-corrected chi connectivity index (χ2v) is 6.72. The van der Waals surface area contributed by atoms with Gasteiger partial charge in [0, 0.05) is 44.9 Å². The molecule has 1 unspecified atom stereocenters. The number of hydrogen-bond donors (Lipinski definition) is 0. The van der Waals surface area contributed by atoms with Crippen LogP contribution >= 0.6 is 0 Å². The van der Waals surface area contributed by atoms with Crippen molar-refractivity contribution < 1.29 is 9.53 Å². The topological polar surface area (TPSA) is 76.4 Å². The van der Waals surface area contributed by atoms with Crippen molar-refractivity contribution in [2.45, 2.75) is 38.8 Å². The highest BCUT2D eigenvalue weighted by Crippen LogP contribution is 2.23. The monoisotopic (exact) mass is 356 g/mol. The van der Waals surface area contributed by atoms with E-state index in [1.54, 1.807) is 23.3 Å². The van der Waals surface area contributed by atoms with Crippen LogP contribution in [0.2, 0.25) is 0 Å². The van der Waals surface area contributed by atoms with Gasteiger partial charge in [-0.3, -0.25) is 9.48 Å². The highest BCUT2D eigenvalue weighted by molar-refractivity contribution is 5.92. The number of amides is 1. The largest absolute Gasteiger partial charge is 0.472 e. The van der Waals surface area contributed by atoms with Gasteiger partial charge in [0.05, 0.1) is 6.54 Å². The molecule has 0 spiro atoms.